The summed E-state index contributed by atoms with van der Waals surface area (Å²) in [5.41, 5.74) is 4.02. The number of anilines is 1. The van der Waals surface area contributed by atoms with Crippen LogP contribution in [0.1, 0.15) is 61.6 Å². The van der Waals surface area contributed by atoms with E-state index in [9.17, 15) is 13.2 Å². The van der Waals surface area contributed by atoms with E-state index < -0.39 is 28.1 Å². The van der Waals surface area contributed by atoms with Crippen molar-refractivity contribution in [2.75, 3.05) is 65.2 Å². The van der Waals surface area contributed by atoms with E-state index in [4.69, 9.17) is 23.7 Å². The molecular formula is C41H55N3O8S. The van der Waals surface area contributed by atoms with E-state index in [-0.39, 0.29) is 29.3 Å². The zero-order chi connectivity index (χ0) is 37.4. The minimum absolute atomic E-state index is 0.0587. The van der Waals surface area contributed by atoms with Crippen molar-refractivity contribution in [1.82, 2.24) is 9.62 Å². The Morgan fingerprint density at radius 3 is 2.47 bits per heavy atom. The number of ether oxygens (including phenoxy) is 5. The van der Waals surface area contributed by atoms with Gasteiger partial charge in [0.05, 0.1) is 36.9 Å². The van der Waals surface area contributed by atoms with Crippen LogP contribution in [0.25, 0.3) is 0 Å². The number of fused-ring (bicyclic) bond motifs is 1. The molecule has 2 fully saturated rings. The number of benzene rings is 3. The number of nitrogens with zero attached hydrogens (tertiary/aromatic N) is 2. The highest BCUT2D eigenvalue weighted by Crippen LogP contribution is 2.40. The maximum atomic E-state index is 14.5. The van der Waals surface area contributed by atoms with Crippen LogP contribution in [0.4, 0.5) is 5.69 Å². The van der Waals surface area contributed by atoms with Gasteiger partial charge in [0.15, 0.2) is 0 Å². The number of rotatable bonds is 15. The fourth-order valence-corrected chi connectivity index (χ4v) is 9.34. The maximum absolute atomic E-state index is 14.5. The SMILES string of the molecule is COCCCN1CCOc2ccc(CO[C@H]3CN(S(=O)(=O)c4ccc(C)cc4)[C@@H](C[C@@H](C)C(=O)NC4CCOCC4)C[C@@H]3c3ccc(OC)cc3)cc21. The van der Waals surface area contributed by atoms with Crippen LogP contribution in [0, 0.1) is 12.8 Å². The van der Waals surface area contributed by atoms with E-state index in [1.54, 1.807) is 30.7 Å². The molecule has 2 saturated heterocycles. The van der Waals surface area contributed by atoms with E-state index in [1.807, 2.05) is 62.4 Å². The fraction of sp³-hybridized carbons (Fsp3) is 0.537. The quantitative estimate of drug-likeness (QED) is 0.196. The van der Waals surface area contributed by atoms with Gasteiger partial charge in [0.25, 0.3) is 0 Å². The Morgan fingerprint density at radius 2 is 1.75 bits per heavy atom. The maximum Gasteiger partial charge on any atom is 0.243 e. The second-order valence-electron chi connectivity index (χ2n) is 14.5. The molecule has 0 aromatic heterocycles. The van der Waals surface area contributed by atoms with Gasteiger partial charge >= 0.3 is 0 Å². The molecular weight excluding hydrogens is 695 g/mol. The minimum atomic E-state index is -3.94. The van der Waals surface area contributed by atoms with Crippen LogP contribution in [-0.4, -0.2) is 97.1 Å². The number of hydrogen-bond donors (Lipinski definition) is 1. The van der Waals surface area contributed by atoms with Gasteiger partial charge in [-0.15, -0.1) is 0 Å². The third kappa shape index (κ3) is 9.71. The van der Waals surface area contributed by atoms with Gasteiger partial charge in [0.2, 0.25) is 15.9 Å². The first-order valence-electron chi connectivity index (χ1n) is 18.9. The zero-order valence-corrected chi connectivity index (χ0v) is 32.3. The van der Waals surface area contributed by atoms with Crippen LogP contribution in [0.5, 0.6) is 11.5 Å². The summed E-state index contributed by atoms with van der Waals surface area (Å²) in [7, 11) is -0.582. The molecule has 11 nitrogen and oxygen atoms in total. The first-order chi connectivity index (χ1) is 25.7. The summed E-state index contributed by atoms with van der Waals surface area (Å²) in [5.74, 6) is 0.993. The molecule has 0 saturated carbocycles. The standard InChI is InChI=1S/C41H55N3O8S/c1-29-6-13-36(14-7-29)53(46,47)44-27-40(52-28-31-8-15-39-38(25-31)43(19-23-51-39)18-5-20-48-3)37(32-9-11-35(49-4)12-10-32)26-34(44)24-30(2)41(45)42-33-16-21-50-22-17-33/h6-15,25,30,33-34,37,40H,5,16-24,26-28H2,1-4H3,(H,42,45)/t30-,34+,37-,40+/m1/s1. The Morgan fingerprint density at radius 1 is 1.00 bits per heavy atom. The van der Waals surface area contributed by atoms with Crippen molar-refractivity contribution in [3.05, 3.63) is 83.4 Å². The van der Waals surface area contributed by atoms with E-state index in [1.165, 1.54) is 0 Å². The molecule has 0 spiro atoms. The monoisotopic (exact) mass is 749 g/mol. The number of methoxy groups -OCH3 is 2. The van der Waals surface area contributed by atoms with Crippen molar-refractivity contribution in [3.8, 4) is 11.5 Å². The summed E-state index contributed by atoms with van der Waals surface area (Å²) in [6.07, 6.45) is 2.86. The lowest BCUT2D eigenvalue weighted by Crippen LogP contribution is -2.53. The first kappa shape index (κ1) is 39.0. The van der Waals surface area contributed by atoms with Crippen LogP contribution < -0.4 is 19.7 Å². The molecule has 53 heavy (non-hydrogen) atoms. The van der Waals surface area contributed by atoms with Crippen molar-refractivity contribution < 1.29 is 36.9 Å². The molecule has 4 atom stereocenters. The number of amides is 1. The van der Waals surface area contributed by atoms with E-state index in [0.29, 0.717) is 45.9 Å². The molecule has 3 aromatic rings. The average molecular weight is 750 g/mol. The van der Waals surface area contributed by atoms with Crippen LogP contribution in [0.3, 0.4) is 0 Å². The molecule has 3 heterocycles. The van der Waals surface area contributed by atoms with Crippen LogP contribution in [0.15, 0.2) is 71.6 Å². The van der Waals surface area contributed by atoms with Gasteiger partial charge in [-0.05, 0) is 86.6 Å². The Bertz CT molecular complexity index is 1750. The zero-order valence-electron chi connectivity index (χ0n) is 31.5. The molecule has 3 aromatic carbocycles. The van der Waals surface area contributed by atoms with Crippen molar-refractivity contribution >= 4 is 21.6 Å². The van der Waals surface area contributed by atoms with Crippen molar-refractivity contribution in [3.63, 3.8) is 0 Å². The number of carbonyl (C=O) groups is 1. The van der Waals surface area contributed by atoms with Gasteiger partial charge in [0, 0.05) is 63.9 Å². The van der Waals surface area contributed by atoms with Gasteiger partial charge in [-0.1, -0.05) is 42.8 Å². The lowest BCUT2D eigenvalue weighted by atomic mass is 9.81. The normalized spacial score (nSPS) is 21.7. The van der Waals surface area contributed by atoms with Crippen molar-refractivity contribution in [2.45, 2.75) is 81.6 Å². The third-order valence-electron chi connectivity index (χ3n) is 10.8. The second kappa shape index (κ2) is 18.1. The smallest absolute Gasteiger partial charge is 0.243 e. The van der Waals surface area contributed by atoms with Gasteiger partial charge in [-0.3, -0.25) is 4.79 Å². The average Bonchev–Trinajstić information content (AvgIpc) is 3.18. The molecule has 12 heteroatoms. The van der Waals surface area contributed by atoms with Crippen molar-refractivity contribution in [2.24, 2.45) is 5.92 Å². The number of hydrogen-bond acceptors (Lipinski definition) is 9. The highest BCUT2D eigenvalue weighted by Gasteiger charge is 2.44. The molecule has 1 N–H and O–H groups in total. The van der Waals surface area contributed by atoms with Gasteiger partial charge < -0.3 is 33.9 Å². The molecule has 6 rings (SSSR count). The lowest BCUT2D eigenvalue weighted by Gasteiger charge is -2.44. The summed E-state index contributed by atoms with van der Waals surface area (Å²) >= 11 is 0. The molecule has 3 aliphatic heterocycles. The number of nitrogens with one attached hydrogen (secondary N) is 1. The summed E-state index contributed by atoms with van der Waals surface area (Å²) in [6, 6.07) is 20.7. The molecule has 0 radical (unpaired) electrons. The predicted molar refractivity (Wildman–Crippen MR) is 204 cm³/mol. The Kier molecular flexibility index (Phi) is 13.3. The van der Waals surface area contributed by atoms with Crippen molar-refractivity contribution in [1.29, 1.82) is 0 Å². The molecule has 288 valence electrons. The molecule has 1 amide bonds. The highest BCUT2D eigenvalue weighted by atomic mass is 32.2. The number of aryl methyl sites for hydroxylation is 1. The molecule has 0 aliphatic carbocycles. The molecule has 3 aliphatic rings. The number of piperidine rings is 1. The van der Waals surface area contributed by atoms with Gasteiger partial charge in [-0.2, -0.15) is 4.31 Å². The topological polar surface area (TPSA) is 116 Å². The summed E-state index contributed by atoms with van der Waals surface area (Å²) < 4.78 is 59.7. The molecule has 0 unspecified atom stereocenters. The summed E-state index contributed by atoms with van der Waals surface area (Å²) in [5, 5.41) is 3.20. The third-order valence-corrected chi connectivity index (χ3v) is 12.7. The Hall–Kier alpha value is -3.68. The van der Waals surface area contributed by atoms with Crippen LogP contribution >= 0.6 is 0 Å². The lowest BCUT2D eigenvalue weighted by molar-refractivity contribution is -0.126. The number of sulfonamides is 1. The van der Waals surface area contributed by atoms with E-state index >= 15 is 0 Å². The summed E-state index contributed by atoms with van der Waals surface area (Å²) in [4.78, 5) is 16.1. The number of carbonyl (C=O) groups excluding carboxylic acids is 1. The first-order valence-corrected chi connectivity index (χ1v) is 20.3. The minimum Gasteiger partial charge on any atom is -0.497 e. The molecule has 0 bridgehead atoms. The Balaban J connectivity index is 1.29. The second-order valence-corrected chi connectivity index (χ2v) is 16.4. The van der Waals surface area contributed by atoms with E-state index in [0.717, 1.165) is 66.2 Å². The van der Waals surface area contributed by atoms with Crippen LogP contribution in [-0.2, 0) is 35.6 Å². The Labute approximate surface area is 314 Å². The van der Waals surface area contributed by atoms with Gasteiger partial charge in [0.1, 0.15) is 18.1 Å². The van der Waals surface area contributed by atoms with E-state index in [2.05, 4.69) is 16.3 Å². The highest BCUT2D eigenvalue weighted by molar-refractivity contribution is 7.89. The van der Waals surface area contributed by atoms with Crippen LogP contribution in [0.2, 0.25) is 0 Å². The predicted octanol–water partition coefficient (Wildman–Crippen LogP) is 5.69. The summed E-state index contributed by atoms with van der Waals surface area (Å²) in [6.45, 7) is 8.49. The largest absolute Gasteiger partial charge is 0.497 e. The van der Waals surface area contributed by atoms with Gasteiger partial charge in [-0.25, -0.2) is 8.42 Å². The fourth-order valence-electron chi connectivity index (χ4n) is 7.68.